The first-order chi connectivity index (χ1) is 9.02. The summed E-state index contributed by atoms with van der Waals surface area (Å²) >= 11 is 3.38. The van der Waals surface area contributed by atoms with Crippen LogP contribution in [-0.2, 0) is 11.2 Å². The summed E-state index contributed by atoms with van der Waals surface area (Å²) in [6.45, 7) is 4.05. The summed E-state index contributed by atoms with van der Waals surface area (Å²) in [5.74, 6) is 0.00678. The van der Waals surface area contributed by atoms with E-state index in [4.69, 9.17) is 0 Å². The Morgan fingerprint density at radius 1 is 1.05 bits per heavy atom. The number of hydrogen-bond donors (Lipinski definition) is 1. The van der Waals surface area contributed by atoms with Gasteiger partial charge in [-0.05, 0) is 54.8 Å². The zero-order valence-electron chi connectivity index (χ0n) is 11.0. The Morgan fingerprint density at radius 2 is 1.63 bits per heavy atom. The molecule has 0 bridgehead atoms. The summed E-state index contributed by atoms with van der Waals surface area (Å²) in [5, 5.41) is 2.94. The molecule has 0 radical (unpaired) electrons. The van der Waals surface area contributed by atoms with Crippen molar-refractivity contribution in [1.82, 2.24) is 0 Å². The fraction of sp³-hybridized carbons (Fsp3) is 0.188. The minimum absolute atomic E-state index is 0.00678. The normalized spacial score (nSPS) is 10.3. The van der Waals surface area contributed by atoms with E-state index < -0.39 is 0 Å². The first kappa shape index (κ1) is 13.8. The molecule has 2 nitrogen and oxygen atoms in total. The summed E-state index contributed by atoms with van der Waals surface area (Å²) in [4.78, 5) is 12.0. The maximum absolute atomic E-state index is 12.0. The molecule has 0 heterocycles. The molecule has 0 aromatic heterocycles. The molecule has 2 aromatic carbocycles. The van der Waals surface area contributed by atoms with E-state index in [2.05, 4.69) is 27.3 Å². The van der Waals surface area contributed by atoms with Gasteiger partial charge >= 0.3 is 0 Å². The standard InChI is InChI=1S/C16H16BrNO/c1-11-7-12(2)9-15(8-11)18-16(19)10-13-3-5-14(17)6-4-13/h3-9H,10H2,1-2H3,(H,18,19). The molecule has 0 aliphatic heterocycles. The second kappa shape index (κ2) is 6.02. The van der Waals surface area contributed by atoms with Crippen LogP contribution in [0.5, 0.6) is 0 Å². The topological polar surface area (TPSA) is 29.1 Å². The minimum atomic E-state index is 0.00678. The molecule has 2 aromatic rings. The van der Waals surface area contributed by atoms with E-state index in [-0.39, 0.29) is 5.91 Å². The fourth-order valence-electron chi connectivity index (χ4n) is 2.04. The Hall–Kier alpha value is -1.61. The van der Waals surface area contributed by atoms with E-state index in [9.17, 15) is 4.79 Å². The molecule has 2 rings (SSSR count). The number of amides is 1. The van der Waals surface area contributed by atoms with Gasteiger partial charge in [-0.3, -0.25) is 4.79 Å². The van der Waals surface area contributed by atoms with Crippen molar-refractivity contribution in [1.29, 1.82) is 0 Å². The smallest absolute Gasteiger partial charge is 0.228 e. The molecular formula is C16H16BrNO. The van der Waals surface area contributed by atoms with E-state index in [0.29, 0.717) is 6.42 Å². The molecule has 1 N–H and O–H groups in total. The summed E-state index contributed by atoms with van der Waals surface area (Å²) in [5.41, 5.74) is 4.17. The highest BCUT2D eigenvalue weighted by Crippen LogP contribution is 2.15. The largest absolute Gasteiger partial charge is 0.326 e. The van der Waals surface area contributed by atoms with Crippen molar-refractivity contribution >= 4 is 27.5 Å². The first-order valence-corrected chi connectivity index (χ1v) is 6.95. The molecule has 19 heavy (non-hydrogen) atoms. The van der Waals surface area contributed by atoms with E-state index in [1.165, 1.54) is 0 Å². The van der Waals surface area contributed by atoms with E-state index in [0.717, 1.165) is 26.9 Å². The van der Waals surface area contributed by atoms with Crippen LogP contribution in [0.3, 0.4) is 0 Å². The molecule has 0 unspecified atom stereocenters. The Kier molecular flexibility index (Phi) is 4.38. The van der Waals surface area contributed by atoms with Crippen molar-refractivity contribution in [2.45, 2.75) is 20.3 Å². The van der Waals surface area contributed by atoms with Gasteiger partial charge in [-0.2, -0.15) is 0 Å². The van der Waals surface area contributed by atoms with Crippen molar-refractivity contribution in [3.63, 3.8) is 0 Å². The SMILES string of the molecule is Cc1cc(C)cc(NC(=O)Cc2ccc(Br)cc2)c1. The molecule has 98 valence electrons. The highest BCUT2D eigenvalue weighted by atomic mass is 79.9. The molecule has 0 aliphatic carbocycles. The predicted molar refractivity (Wildman–Crippen MR) is 82.4 cm³/mol. The molecule has 0 aliphatic rings. The second-order valence-corrected chi connectivity index (χ2v) is 5.64. The number of hydrogen-bond acceptors (Lipinski definition) is 1. The summed E-state index contributed by atoms with van der Waals surface area (Å²) < 4.78 is 1.02. The second-order valence-electron chi connectivity index (χ2n) is 4.73. The van der Waals surface area contributed by atoms with Crippen molar-refractivity contribution < 1.29 is 4.79 Å². The van der Waals surface area contributed by atoms with Crippen LogP contribution in [0.1, 0.15) is 16.7 Å². The number of benzene rings is 2. The van der Waals surface area contributed by atoms with Gasteiger partial charge in [0.2, 0.25) is 5.91 Å². The van der Waals surface area contributed by atoms with Crippen LogP contribution in [0.4, 0.5) is 5.69 Å². The number of aryl methyl sites for hydroxylation is 2. The zero-order chi connectivity index (χ0) is 13.8. The molecular weight excluding hydrogens is 302 g/mol. The average Bonchev–Trinajstić information content (AvgIpc) is 2.30. The lowest BCUT2D eigenvalue weighted by Gasteiger charge is -2.07. The van der Waals surface area contributed by atoms with Crippen LogP contribution in [0.25, 0.3) is 0 Å². The quantitative estimate of drug-likeness (QED) is 0.901. The van der Waals surface area contributed by atoms with Crippen LogP contribution in [0.15, 0.2) is 46.9 Å². The number of rotatable bonds is 3. The fourth-order valence-corrected chi connectivity index (χ4v) is 2.30. The number of nitrogens with one attached hydrogen (secondary N) is 1. The molecule has 0 saturated carbocycles. The summed E-state index contributed by atoms with van der Waals surface area (Å²) in [6, 6.07) is 13.8. The minimum Gasteiger partial charge on any atom is -0.326 e. The van der Waals surface area contributed by atoms with Gasteiger partial charge in [0.15, 0.2) is 0 Å². The van der Waals surface area contributed by atoms with Gasteiger partial charge in [0.25, 0.3) is 0 Å². The monoisotopic (exact) mass is 317 g/mol. The Labute approximate surface area is 122 Å². The van der Waals surface area contributed by atoms with Crippen LogP contribution in [0, 0.1) is 13.8 Å². The highest BCUT2D eigenvalue weighted by molar-refractivity contribution is 9.10. The van der Waals surface area contributed by atoms with Crippen molar-refractivity contribution in [3.05, 3.63) is 63.6 Å². The molecule has 0 fully saturated rings. The summed E-state index contributed by atoms with van der Waals surface area (Å²) in [7, 11) is 0. The van der Waals surface area contributed by atoms with Gasteiger partial charge in [-0.1, -0.05) is 34.1 Å². The van der Waals surface area contributed by atoms with Crippen molar-refractivity contribution in [2.24, 2.45) is 0 Å². The number of halogens is 1. The van der Waals surface area contributed by atoms with Gasteiger partial charge in [-0.25, -0.2) is 0 Å². The number of carbonyl (C=O) groups is 1. The van der Waals surface area contributed by atoms with Gasteiger partial charge < -0.3 is 5.32 Å². The Bertz CT molecular complexity index is 570. The van der Waals surface area contributed by atoms with Gasteiger partial charge in [0.05, 0.1) is 6.42 Å². The third-order valence-electron chi connectivity index (χ3n) is 2.78. The van der Waals surface area contributed by atoms with Crippen LogP contribution in [0.2, 0.25) is 0 Å². The van der Waals surface area contributed by atoms with E-state index in [1.54, 1.807) is 0 Å². The lowest BCUT2D eigenvalue weighted by Crippen LogP contribution is -2.14. The third kappa shape index (κ3) is 4.21. The van der Waals surface area contributed by atoms with Crippen molar-refractivity contribution in [2.75, 3.05) is 5.32 Å². The number of carbonyl (C=O) groups excluding carboxylic acids is 1. The molecule has 3 heteroatoms. The first-order valence-electron chi connectivity index (χ1n) is 6.15. The molecule has 1 amide bonds. The lowest BCUT2D eigenvalue weighted by atomic mass is 10.1. The lowest BCUT2D eigenvalue weighted by molar-refractivity contribution is -0.115. The van der Waals surface area contributed by atoms with Crippen LogP contribution < -0.4 is 5.32 Å². The zero-order valence-corrected chi connectivity index (χ0v) is 12.6. The third-order valence-corrected chi connectivity index (χ3v) is 3.31. The Balaban J connectivity index is 2.03. The average molecular weight is 318 g/mol. The van der Waals surface area contributed by atoms with Crippen LogP contribution in [-0.4, -0.2) is 5.91 Å². The summed E-state index contributed by atoms with van der Waals surface area (Å²) in [6.07, 6.45) is 0.389. The van der Waals surface area contributed by atoms with E-state index >= 15 is 0 Å². The predicted octanol–water partition coefficient (Wildman–Crippen LogP) is 4.25. The molecule has 0 spiro atoms. The van der Waals surface area contributed by atoms with Gasteiger partial charge in [-0.15, -0.1) is 0 Å². The van der Waals surface area contributed by atoms with Crippen LogP contribution >= 0.6 is 15.9 Å². The van der Waals surface area contributed by atoms with Crippen molar-refractivity contribution in [3.8, 4) is 0 Å². The highest BCUT2D eigenvalue weighted by Gasteiger charge is 2.05. The van der Waals surface area contributed by atoms with Gasteiger partial charge in [0.1, 0.15) is 0 Å². The van der Waals surface area contributed by atoms with E-state index in [1.807, 2.05) is 50.2 Å². The van der Waals surface area contributed by atoms with Gasteiger partial charge in [0, 0.05) is 10.2 Å². The number of anilines is 1. The maximum atomic E-state index is 12.0. The molecule has 0 atom stereocenters. The Morgan fingerprint density at radius 3 is 2.21 bits per heavy atom. The maximum Gasteiger partial charge on any atom is 0.228 e. The molecule has 0 saturated heterocycles.